The number of nitrogens with zero attached hydrogens (tertiary/aromatic N) is 1. The van der Waals surface area contributed by atoms with Crippen molar-refractivity contribution in [1.82, 2.24) is 4.90 Å². The topological polar surface area (TPSA) is 55.6 Å². The lowest BCUT2D eigenvalue weighted by Crippen LogP contribution is -2.51. The van der Waals surface area contributed by atoms with Gasteiger partial charge in [-0.05, 0) is 12.8 Å². The summed E-state index contributed by atoms with van der Waals surface area (Å²) in [4.78, 5) is 13.7. The number of carbonyl (C=O) groups excluding carboxylic acids is 1. The van der Waals surface area contributed by atoms with E-state index in [1.807, 2.05) is 11.8 Å². The van der Waals surface area contributed by atoms with Gasteiger partial charge in [0.05, 0.1) is 12.7 Å². The second-order valence-corrected chi connectivity index (χ2v) is 4.71. The van der Waals surface area contributed by atoms with Gasteiger partial charge in [0.2, 0.25) is 5.91 Å². The van der Waals surface area contributed by atoms with Gasteiger partial charge >= 0.3 is 0 Å². The molecule has 4 heteroatoms. The highest BCUT2D eigenvalue weighted by Gasteiger charge is 2.26. The third kappa shape index (κ3) is 3.80. The highest BCUT2D eigenvalue weighted by atomic mass is 16.5. The molecular weight excluding hydrogens is 192 g/mol. The van der Waals surface area contributed by atoms with Crippen LogP contribution in [0, 0.1) is 5.92 Å². The van der Waals surface area contributed by atoms with Crippen molar-refractivity contribution in [2.24, 2.45) is 11.7 Å². The summed E-state index contributed by atoms with van der Waals surface area (Å²) in [5.41, 5.74) is 5.77. The number of morpholine rings is 1. The molecule has 1 rings (SSSR count). The van der Waals surface area contributed by atoms with Crippen molar-refractivity contribution in [2.45, 2.75) is 39.3 Å². The summed E-state index contributed by atoms with van der Waals surface area (Å²) >= 11 is 0. The van der Waals surface area contributed by atoms with Crippen LogP contribution in [0.4, 0.5) is 0 Å². The average molecular weight is 214 g/mol. The van der Waals surface area contributed by atoms with Crippen LogP contribution in [0.15, 0.2) is 0 Å². The smallest absolute Gasteiger partial charge is 0.222 e. The molecule has 0 aromatic carbocycles. The SMILES string of the molecule is CC(C)CC(=O)N1CCO[C@H]([C@@H](C)N)C1. The van der Waals surface area contributed by atoms with E-state index in [0.29, 0.717) is 32.0 Å². The van der Waals surface area contributed by atoms with Gasteiger partial charge in [-0.1, -0.05) is 13.8 Å². The summed E-state index contributed by atoms with van der Waals surface area (Å²) in [6.07, 6.45) is 0.612. The van der Waals surface area contributed by atoms with Crippen molar-refractivity contribution in [3.8, 4) is 0 Å². The highest BCUT2D eigenvalue weighted by Crippen LogP contribution is 2.11. The fraction of sp³-hybridized carbons (Fsp3) is 0.909. The third-order valence-corrected chi connectivity index (χ3v) is 2.62. The van der Waals surface area contributed by atoms with Gasteiger partial charge in [0.15, 0.2) is 0 Å². The Bertz CT molecular complexity index is 217. The Morgan fingerprint density at radius 2 is 2.20 bits per heavy atom. The van der Waals surface area contributed by atoms with Crippen molar-refractivity contribution in [1.29, 1.82) is 0 Å². The fourth-order valence-corrected chi connectivity index (χ4v) is 1.70. The molecule has 1 aliphatic heterocycles. The van der Waals surface area contributed by atoms with Crippen molar-refractivity contribution in [3.05, 3.63) is 0 Å². The van der Waals surface area contributed by atoms with Crippen LogP contribution in [0.5, 0.6) is 0 Å². The molecule has 0 radical (unpaired) electrons. The summed E-state index contributed by atoms with van der Waals surface area (Å²) in [7, 11) is 0. The van der Waals surface area contributed by atoms with Crippen LogP contribution in [-0.4, -0.2) is 42.6 Å². The van der Waals surface area contributed by atoms with Gasteiger partial charge in [-0.3, -0.25) is 4.79 Å². The Morgan fingerprint density at radius 3 is 2.73 bits per heavy atom. The van der Waals surface area contributed by atoms with Crippen LogP contribution in [0.2, 0.25) is 0 Å². The Hall–Kier alpha value is -0.610. The number of nitrogens with two attached hydrogens (primary N) is 1. The van der Waals surface area contributed by atoms with Gasteiger partial charge in [0.1, 0.15) is 0 Å². The Labute approximate surface area is 91.8 Å². The zero-order valence-corrected chi connectivity index (χ0v) is 9.90. The molecular formula is C11H22N2O2. The fourth-order valence-electron chi connectivity index (χ4n) is 1.70. The molecule has 0 saturated carbocycles. The molecule has 0 aliphatic carbocycles. The molecule has 15 heavy (non-hydrogen) atoms. The Balaban J connectivity index is 2.45. The van der Waals surface area contributed by atoms with E-state index in [0.717, 1.165) is 0 Å². The lowest BCUT2D eigenvalue weighted by molar-refractivity contribution is -0.140. The van der Waals surface area contributed by atoms with E-state index >= 15 is 0 Å². The van der Waals surface area contributed by atoms with Gasteiger partial charge in [-0.25, -0.2) is 0 Å². The van der Waals surface area contributed by atoms with Crippen LogP contribution in [0.25, 0.3) is 0 Å². The van der Waals surface area contributed by atoms with Gasteiger partial charge in [-0.2, -0.15) is 0 Å². The Morgan fingerprint density at radius 1 is 1.53 bits per heavy atom. The lowest BCUT2D eigenvalue weighted by Gasteiger charge is -2.35. The summed E-state index contributed by atoms with van der Waals surface area (Å²) in [5.74, 6) is 0.632. The lowest BCUT2D eigenvalue weighted by atomic mass is 10.1. The predicted octanol–water partition coefficient (Wildman–Crippen LogP) is 0.607. The average Bonchev–Trinajstić information content (AvgIpc) is 2.17. The van der Waals surface area contributed by atoms with Crippen LogP contribution in [0.3, 0.4) is 0 Å². The van der Waals surface area contributed by atoms with Crippen LogP contribution in [-0.2, 0) is 9.53 Å². The third-order valence-electron chi connectivity index (χ3n) is 2.62. The molecule has 0 unspecified atom stereocenters. The molecule has 2 atom stereocenters. The van der Waals surface area contributed by atoms with Gasteiger partial charge in [0, 0.05) is 25.6 Å². The zero-order valence-electron chi connectivity index (χ0n) is 9.90. The summed E-state index contributed by atoms with van der Waals surface area (Å²) < 4.78 is 5.51. The van der Waals surface area contributed by atoms with Crippen molar-refractivity contribution < 1.29 is 9.53 Å². The quantitative estimate of drug-likeness (QED) is 0.749. The van der Waals surface area contributed by atoms with Crippen LogP contribution >= 0.6 is 0 Å². The van der Waals surface area contributed by atoms with Gasteiger partial charge in [-0.15, -0.1) is 0 Å². The van der Waals surface area contributed by atoms with E-state index in [2.05, 4.69) is 13.8 Å². The minimum absolute atomic E-state index is 0.00476. The minimum Gasteiger partial charge on any atom is -0.373 e. The molecule has 1 amide bonds. The monoisotopic (exact) mass is 214 g/mol. The highest BCUT2D eigenvalue weighted by molar-refractivity contribution is 5.76. The maximum absolute atomic E-state index is 11.8. The number of ether oxygens (including phenoxy) is 1. The van der Waals surface area contributed by atoms with E-state index in [-0.39, 0.29) is 18.1 Å². The van der Waals surface area contributed by atoms with Crippen molar-refractivity contribution >= 4 is 5.91 Å². The molecule has 1 aliphatic rings. The predicted molar refractivity (Wildman–Crippen MR) is 59.4 cm³/mol. The largest absolute Gasteiger partial charge is 0.373 e. The van der Waals surface area contributed by atoms with E-state index in [1.54, 1.807) is 0 Å². The molecule has 1 saturated heterocycles. The van der Waals surface area contributed by atoms with Gasteiger partial charge < -0.3 is 15.4 Å². The molecule has 0 spiro atoms. The number of rotatable bonds is 3. The molecule has 2 N–H and O–H groups in total. The summed E-state index contributed by atoms with van der Waals surface area (Å²) in [6, 6.07) is -0.0142. The van der Waals surface area contributed by atoms with Crippen molar-refractivity contribution in [2.75, 3.05) is 19.7 Å². The summed E-state index contributed by atoms with van der Waals surface area (Å²) in [5, 5.41) is 0. The Kier molecular flexibility index (Phi) is 4.54. The molecule has 88 valence electrons. The van der Waals surface area contributed by atoms with Gasteiger partial charge in [0.25, 0.3) is 0 Å². The number of hydrogen-bond donors (Lipinski definition) is 1. The normalized spacial score (nSPS) is 24.3. The van der Waals surface area contributed by atoms with E-state index < -0.39 is 0 Å². The summed E-state index contributed by atoms with van der Waals surface area (Å²) in [6.45, 7) is 7.98. The molecule has 0 bridgehead atoms. The van der Waals surface area contributed by atoms with Crippen LogP contribution in [0.1, 0.15) is 27.2 Å². The first-order valence-electron chi connectivity index (χ1n) is 5.65. The van der Waals surface area contributed by atoms with Crippen molar-refractivity contribution in [3.63, 3.8) is 0 Å². The zero-order chi connectivity index (χ0) is 11.4. The van der Waals surface area contributed by atoms with E-state index in [9.17, 15) is 4.79 Å². The number of hydrogen-bond acceptors (Lipinski definition) is 3. The number of carbonyl (C=O) groups is 1. The molecule has 0 aromatic rings. The van der Waals surface area contributed by atoms with E-state index in [4.69, 9.17) is 10.5 Å². The maximum Gasteiger partial charge on any atom is 0.222 e. The second kappa shape index (κ2) is 5.47. The first kappa shape index (κ1) is 12.5. The molecule has 1 heterocycles. The minimum atomic E-state index is -0.0142. The number of amides is 1. The first-order valence-corrected chi connectivity index (χ1v) is 5.65. The molecule has 1 fully saturated rings. The molecule has 4 nitrogen and oxygen atoms in total. The molecule has 0 aromatic heterocycles. The maximum atomic E-state index is 11.8. The van der Waals surface area contributed by atoms with Crippen LogP contribution < -0.4 is 5.73 Å². The first-order chi connectivity index (χ1) is 7.00. The standard InChI is InChI=1S/C11H22N2O2/c1-8(2)6-11(14)13-4-5-15-10(7-13)9(3)12/h8-10H,4-7,12H2,1-3H3/t9-,10+/m1/s1. The van der Waals surface area contributed by atoms with E-state index in [1.165, 1.54) is 0 Å². The second-order valence-electron chi connectivity index (χ2n) is 4.71.